The van der Waals surface area contributed by atoms with Crippen LogP contribution in [-0.4, -0.2) is 58.5 Å². The first-order valence-corrected chi connectivity index (χ1v) is 13.2. The number of carbonyl (C=O) groups excluding carboxylic acids is 2. The molecular formula is C29H31F6N3O4. The highest BCUT2D eigenvalue weighted by Crippen LogP contribution is 2.50. The molecule has 0 spiro atoms. The van der Waals surface area contributed by atoms with Crippen molar-refractivity contribution in [3.8, 4) is 11.8 Å². The van der Waals surface area contributed by atoms with E-state index in [1.165, 1.54) is 11.0 Å². The Balaban J connectivity index is 1.96. The molecule has 1 N–H and O–H groups in total. The van der Waals surface area contributed by atoms with Crippen LogP contribution in [0.15, 0.2) is 35.9 Å². The van der Waals surface area contributed by atoms with Gasteiger partial charge in [-0.1, -0.05) is 26.0 Å². The molecule has 13 heteroatoms. The number of alkyl halides is 6. The van der Waals surface area contributed by atoms with Crippen LogP contribution >= 0.6 is 0 Å². The molecule has 1 aromatic heterocycles. The van der Waals surface area contributed by atoms with Crippen LogP contribution in [0.1, 0.15) is 62.0 Å². The molecule has 1 aliphatic rings. The van der Waals surface area contributed by atoms with E-state index in [0.29, 0.717) is 41.9 Å². The van der Waals surface area contributed by atoms with E-state index in [4.69, 9.17) is 4.74 Å². The number of likely N-dealkylation sites (tertiary alicyclic amines) is 1. The number of amides is 1. The molecule has 7 nitrogen and oxygen atoms in total. The first-order chi connectivity index (χ1) is 19.5. The monoisotopic (exact) mass is 599 g/mol. The van der Waals surface area contributed by atoms with Crippen molar-refractivity contribution in [1.29, 1.82) is 5.26 Å². The van der Waals surface area contributed by atoms with E-state index in [0.717, 1.165) is 12.1 Å². The van der Waals surface area contributed by atoms with Gasteiger partial charge in [-0.05, 0) is 62.4 Å². The van der Waals surface area contributed by atoms with Crippen LogP contribution in [0.2, 0.25) is 0 Å². The number of carbonyl (C=O) groups is 2. The van der Waals surface area contributed by atoms with Gasteiger partial charge in [0, 0.05) is 35.7 Å². The minimum absolute atomic E-state index is 0.170. The fourth-order valence-corrected chi connectivity index (χ4v) is 4.95. The van der Waals surface area contributed by atoms with Gasteiger partial charge in [-0.2, -0.15) is 31.6 Å². The zero-order valence-electron chi connectivity index (χ0n) is 23.4. The molecule has 1 fully saturated rings. The summed E-state index contributed by atoms with van der Waals surface area (Å²) in [4.78, 5) is 26.6. The van der Waals surface area contributed by atoms with Crippen LogP contribution in [0.5, 0.6) is 0 Å². The van der Waals surface area contributed by atoms with Crippen molar-refractivity contribution in [2.75, 3.05) is 19.7 Å². The number of aromatic nitrogens is 1. The largest absolute Gasteiger partial charge is 0.466 e. The fraction of sp³-hybridized carbons (Fsp3) is 0.483. The number of rotatable bonds is 7. The van der Waals surface area contributed by atoms with Crippen molar-refractivity contribution in [3.63, 3.8) is 0 Å². The zero-order chi connectivity index (χ0) is 31.6. The second-order valence-corrected chi connectivity index (χ2v) is 10.3. The summed E-state index contributed by atoms with van der Waals surface area (Å²) in [5.41, 5.74) is -4.83. The first kappa shape index (κ1) is 32.7. The minimum Gasteiger partial charge on any atom is -0.466 e. The Labute approximate surface area is 239 Å². The summed E-state index contributed by atoms with van der Waals surface area (Å²) in [7, 11) is 0. The normalized spacial score (nSPS) is 15.6. The lowest BCUT2D eigenvalue weighted by molar-refractivity contribution is -0.376. The lowest BCUT2D eigenvalue weighted by atomic mass is 9.92. The van der Waals surface area contributed by atoms with Crippen molar-refractivity contribution >= 4 is 18.0 Å². The van der Waals surface area contributed by atoms with Gasteiger partial charge in [0.15, 0.2) is 0 Å². The molecule has 1 amide bonds. The van der Waals surface area contributed by atoms with Crippen LogP contribution < -0.4 is 0 Å². The summed E-state index contributed by atoms with van der Waals surface area (Å²) in [6.45, 7) is 7.76. The maximum Gasteiger partial charge on any atom is 0.430 e. The van der Waals surface area contributed by atoms with E-state index in [1.807, 2.05) is 19.9 Å². The summed E-state index contributed by atoms with van der Waals surface area (Å²) in [6, 6.07) is 6.80. The standard InChI is InChI=1S/C29H31F6N3O4/c1-5-42-26(40)19-10-12-37(13-11-19)25(39)21(16-36)14-20-15-24(17(2)3)38(18(20)4)23-8-6-22(7-9-23)27(41,28(30,31)32)29(33,34)35/h6-9,14-15,17,19,41H,5,10-13H2,1-4H3/b21-14+. The number of hydrogen-bond acceptors (Lipinski definition) is 5. The van der Waals surface area contributed by atoms with Crippen molar-refractivity contribution in [2.24, 2.45) is 5.92 Å². The van der Waals surface area contributed by atoms with Gasteiger partial charge in [-0.25, -0.2) is 0 Å². The van der Waals surface area contributed by atoms with Gasteiger partial charge >= 0.3 is 18.3 Å². The Morgan fingerprint density at radius 2 is 1.64 bits per heavy atom. The second kappa shape index (κ2) is 12.2. The average Bonchev–Trinajstić information content (AvgIpc) is 3.25. The van der Waals surface area contributed by atoms with Gasteiger partial charge in [0.1, 0.15) is 11.6 Å². The average molecular weight is 600 g/mol. The Morgan fingerprint density at radius 1 is 1.10 bits per heavy atom. The van der Waals surface area contributed by atoms with E-state index in [1.54, 1.807) is 24.5 Å². The van der Waals surface area contributed by atoms with E-state index >= 15 is 0 Å². The van der Waals surface area contributed by atoms with Crippen LogP contribution in [0.25, 0.3) is 11.8 Å². The molecule has 0 bridgehead atoms. The third-order valence-corrected chi connectivity index (χ3v) is 7.32. The Hall–Kier alpha value is -3.79. The number of piperidine rings is 1. The Bertz CT molecular complexity index is 1360. The second-order valence-electron chi connectivity index (χ2n) is 10.3. The molecule has 0 unspecified atom stereocenters. The van der Waals surface area contributed by atoms with Crippen molar-refractivity contribution in [3.05, 3.63) is 58.4 Å². The molecule has 0 atom stereocenters. The van der Waals surface area contributed by atoms with Gasteiger partial charge in [0.25, 0.3) is 11.5 Å². The van der Waals surface area contributed by atoms with Gasteiger partial charge in [-0.15, -0.1) is 0 Å². The number of esters is 1. The Kier molecular flexibility index (Phi) is 9.51. The van der Waals surface area contributed by atoms with Gasteiger partial charge in [0.05, 0.1) is 12.5 Å². The SMILES string of the molecule is CCOC(=O)C1CCN(C(=O)/C(C#N)=C/c2cc(C(C)C)n(-c3ccc(C(O)(C(F)(F)F)C(F)(F)F)cc3)c2C)CC1. The van der Waals surface area contributed by atoms with Crippen LogP contribution in [0.4, 0.5) is 26.3 Å². The van der Waals surface area contributed by atoms with Gasteiger partial charge in [-0.3, -0.25) is 9.59 Å². The van der Waals surface area contributed by atoms with Crippen LogP contribution in [-0.2, 0) is 19.9 Å². The van der Waals surface area contributed by atoms with E-state index < -0.39 is 29.4 Å². The van der Waals surface area contributed by atoms with E-state index in [-0.39, 0.29) is 48.8 Å². The highest BCUT2D eigenvalue weighted by molar-refractivity contribution is 6.02. The van der Waals surface area contributed by atoms with Crippen molar-refractivity contribution in [2.45, 2.75) is 64.4 Å². The number of benzene rings is 1. The number of aliphatic hydroxyl groups is 1. The van der Waals surface area contributed by atoms with Crippen LogP contribution in [0.3, 0.4) is 0 Å². The molecule has 1 aliphatic heterocycles. The molecule has 228 valence electrons. The van der Waals surface area contributed by atoms with E-state index in [9.17, 15) is 46.3 Å². The Morgan fingerprint density at radius 3 is 2.10 bits per heavy atom. The smallest absolute Gasteiger partial charge is 0.430 e. The summed E-state index contributed by atoms with van der Waals surface area (Å²) in [5.74, 6) is -1.35. The molecule has 3 rings (SSSR count). The molecule has 0 radical (unpaired) electrons. The first-order valence-electron chi connectivity index (χ1n) is 13.2. The molecule has 1 aromatic carbocycles. The highest BCUT2D eigenvalue weighted by Gasteiger charge is 2.71. The minimum atomic E-state index is -6.01. The summed E-state index contributed by atoms with van der Waals surface area (Å²) in [6.07, 6.45) is -9.84. The summed E-state index contributed by atoms with van der Waals surface area (Å²) in [5, 5.41) is 19.5. The van der Waals surface area contributed by atoms with Crippen molar-refractivity contribution in [1.82, 2.24) is 9.47 Å². The predicted molar refractivity (Wildman–Crippen MR) is 140 cm³/mol. The molecule has 2 heterocycles. The third-order valence-electron chi connectivity index (χ3n) is 7.32. The maximum atomic E-state index is 13.3. The molecular weight excluding hydrogens is 568 g/mol. The molecule has 0 saturated carbocycles. The van der Waals surface area contributed by atoms with Gasteiger partial charge in [0.2, 0.25) is 0 Å². The summed E-state index contributed by atoms with van der Waals surface area (Å²) >= 11 is 0. The number of hydrogen-bond donors (Lipinski definition) is 1. The van der Waals surface area contributed by atoms with Gasteiger partial charge < -0.3 is 19.3 Å². The number of nitrogens with zero attached hydrogens (tertiary/aromatic N) is 3. The number of ether oxygens (including phenoxy) is 1. The van der Waals surface area contributed by atoms with E-state index in [2.05, 4.69) is 0 Å². The number of nitriles is 1. The van der Waals surface area contributed by atoms with Crippen molar-refractivity contribution < 1.29 is 45.8 Å². The highest BCUT2D eigenvalue weighted by atomic mass is 19.4. The molecule has 42 heavy (non-hydrogen) atoms. The predicted octanol–water partition coefficient (Wildman–Crippen LogP) is 5.93. The molecule has 2 aromatic rings. The molecule has 1 saturated heterocycles. The zero-order valence-corrected chi connectivity index (χ0v) is 23.4. The number of halogens is 6. The van der Waals surface area contributed by atoms with Crippen LogP contribution in [0, 0.1) is 24.2 Å². The fourth-order valence-electron chi connectivity index (χ4n) is 4.95. The topological polar surface area (TPSA) is 95.6 Å². The molecule has 0 aliphatic carbocycles. The third kappa shape index (κ3) is 6.18. The lowest BCUT2D eigenvalue weighted by Crippen LogP contribution is -2.53. The maximum absolute atomic E-state index is 13.3. The quantitative estimate of drug-likeness (QED) is 0.184. The summed E-state index contributed by atoms with van der Waals surface area (Å²) < 4.78 is 86.6. The lowest BCUT2D eigenvalue weighted by Gasteiger charge is -2.32.